The van der Waals surface area contributed by atoms with E-state index in [2.05, 4.69) is 17.4 Å². The summed E-state index contributed by atoms with van der Waals surface area (Å²) in [6.45, 7) is 0.854. The number of hydrogen-bond donors (Lipinski definition) is 1. The van der Waals surface area contributed by atoms with Crippen LogP contribution in [-0.2, 0) is 10.8 Å². The van der Waals surface area contributed by atoms with Crippen molar-refractivity contribution in [2.24, 2.45) is 0 Å². The van der Waals surface area contributed by atoms with Gasteiger partial charge < -0.3 is 10.1 Å². The van der Waals surface area contributed by atoms with Gasteiger partial charge >= 0.3 is 0 Å². The van der Waals surface area contributed by atoms with Crippen molar-refractivity contribution in [3.05, 3.63) is 29.8 Å². The van der Waals surface area contributed by atoms with Gasteiger partial charge in [-0.1, -0.05) is 18.2 Å². The fraction of sp³-hybridized carbons (Fsp3) is 0.571. The Balaban J connectivity index is 1.80. The predicted octanol–water partition coefficient (Wildman–Crippen LogP) is 1.91. The summed E-state index contributed by atoms with van der Waals surface area (Å²) in [5.74, 6) is 2.34. The van der Waals surface area contributed by atoms with E-state index in [-0.39, 0.29) is 0 Å². The van der Waals surface area contributed by atoms with Gasteiger partial charge in [0.05, 0.1) is 7.11 Å². The van der Waals surface area contributed by atoms with Crippen molar-refractivity contribution in [3.63, 3.8) is 0 Å². The van der Waals surface area contributed by atoms with Crippen LogP contribution in [0.2, 0.25) is 0 Å². The molecular formula is C14H21NO2S. The second-order valence-corrected chi connectivity index (χ2v) is 6.39. The molecule has 3 nitrogen and oxygen atoms in total. The Bertz CT molecular complexity index is 416. The molecule has 1 unspecified atom stereocenters. The molecule has 0 bridgehead atoms. The molecule has 1 N–H and O–H groups in total. The van der Waals surface area contributed by atoms with Crippen LogP contribution in [0.25, 0.3) is 0 Å². The van der Waals surface area contributed by atoms with Gasteiger partial charge in [-0.25, -0.2) is 0 Å². The zero-order valence-electron chi connectivity index (χ0n) is 11.0. The van der Waals surface area contributed by atoms with Gasteiger partial charge in [-0.3, -0.25) is 4.21 Å². The minimum absolute atomic E-state index is 0.573. The van der Waals surface area contributed by atoms with Crippen molar-refractivity contribution in [1.29, 1.82) is 0 Å². The van der Waals surface area contributed by atoms with Gasteiger partial charge in [-0.2, -0.15) is 0 Å². The molecule has 1 fully saturated rings. The highest BCUT2D eigenvalue weighted by Crippen LogP contribution is 2.40. The van der Waals surface area contributed by atoms with Gasteiger partial charge in [0.25, 0.3) is 0 Å². The first kappa shape index (κ1) is 13.6. The first-order valence-electron chi connectivity index (χ1n) is 6.37. The quantitative estimate of drug-likeness (QED) is 0.855. The first-order valence-corrected chi connectivity index (χ1v) is 8.09. The van der Waals surface area contributed by atoms with Crippen molar-refractivity contribution in [2.75, 3.05) is 25.7 Å². The molecule has 18 heavy (non-hydrogen) atoms. The second-order valence-electron chi connectivity index (χ2n) is 4.84. The molecule has 1 aromatic carbocycles. The third-order valence-corrected chi connectivity index (χ3v) is 4.32. The number of rotatable bonds is 6. The summed E-state index contributed by atoms with van der Waals surface area (Å²) < 4.78 is 16.3. The van der Waals surface area contributed by atoms with E-state index in [1.165, 1.54) is 5.56 Å². The SMILES string of the molecule is COc1ccccc1C1CC(NCCS(C)=O)C1. The lowest BCUT2D eigenvalue weighted by Gasteiger charge is -2.37. The van der Waals surface area contributed by atoms with E-state index < -0.39 is 10.8 Å². The molecule has 0 aromatic heterocycles. The number of benzene rings is 1. The summed E-state index contributed by atoms with van der Waals surface area (Å²) in [5.41, 5.74) is 1.32. The summed E-state index contributed by atoms with van der Waals surface area (Å²) in [6, 6.07) is 8.83. The fourth-order valence-corrected chi connectivity index (χ4v) is 2.85. The lowest BCUT2D eigenvalue weighted by atomic mass is 9.75. The van der Waals surface area contributed by atoms with Crippen LogP contribution in [0, 0.1) is 0 Å². The number of ether oxygens (including phenoxy) is 1. The third kappa shape index (κ3) is 3.33. The maximum absolute atomic E-state index is 11.0. The Morgan fingerprint density at radius 1 is 1.39 bits per heavy atom. The van der Waals surface area contributed by atoms with E-state index in [4.69, 9.17) is 4.74 Å². The third-order valence-electron chi connectivity index (χ3n) is 3.54. The first-order chi connectivity index (χ1) is 8.70. The summed E-state index contributed by atoms with van der Waals surface area (Å²) in [5, 5.41) is 3.45. The van der Waals surface area contributed by atoms with Crippen LogP contribution in [0.15, 0.2) is 24.3 Å². The minimum atomic E-state index is -0.692. The molecule has 1 aromatic rings. The van der Waals surface area contributed by atoms with Crippen LogP contribution >= 0.6 is 0 Å². The maximum atomic E-state index is 11.0. The molecule has 4 heteroatoms. The molecule has 0 saturated heterocycles. The normalized spacial score (nSPS) is 24.3. The van der Waals surface area contributed by atoms with Gasteiger partial charge in [-0.05, 0) is 30.4 Å². The van der Waals surface area contributed by atoms with E-state index in [1.54, 1.807) is 13.4 Å². The van der Waals surface area contributed by atoms with Gasteiger partial charge in [0.2, 0.25) is 0 Å². The molecule has 0 heterocycles. The average molecular weight is 267 g/mol. The maximum Gasteiger partial charge on any atom is 0.122 e. The molecule has 1 aliphatic carbocycles. The van der Waals surface area contributed by atoms with Crippen molar-refractivity contribution in [2.45, 2.75) is 24.8 Å². The number of nitrogens with one attached hydrogen (secondary N) is 1. The van der Waals surface area contributed by atoms with Gasteiger partial charge in [0, 0.05) is 35.4 Å². The predicted molar refractivity (Wildman–Crippen MR) is 75.7 cm³/mol. The van der Waals surface area contributed by atoms with Crippen molar-refractivity contribution < 1.29 is 8.95 Å². The molecule has 2 rings (SSSR count). The molecule has 0 spiro atoms. The Morgan fingerprint density at radius 2 is 2.11 bits per heavy atom. The lowest BCUT2D eigenvalue weighted by Crippen LogP contribution is -2.41. The van der Waals surface area contributed by atoms with Crippen LogP contribution in [0.1, 0.15) is 24.3 Å². The molecule has 0 amide bonds. The largest absolute Gasteiger partial charge is 0.496 e. The highest BCUT2D eigenvalue weighted by atomic mass is 32.2. The van der Waals surface area contributed by atoms with E-state index in [0.717, 1.165) is 30.9 Å². The van der Waals surface area contributed by atoms with Crippen LogP contribution < -0.4 is 10.1 Å². The Labute approximate surface area is 111 Å². The van der Waals surface area contributed by atoms with Crippen LogP contribution in [0.5, 0.6) is 5.75 Å². The summed E-state index contributed by atoms with van der Waals surface area (Å²) in [7, 11) is 1.03. The zero-order valence-corrected chi connectivity index (χ0v) is 11.8. The highest BCUT2D eigenvalue weighted by Gasteiger charge is 2.31. The molecule has 1 atom stereocenters. The van der Waals surface area contributed by atoms with E-state index >= 15 is 0 Å². The van der Waals surface area contributed by atoms with E-state index in [1.807, 2.05) is 12.1 Å². The molecule has 0 radical (unpaired) electrons. The standard InChI is InChI=1S/C14H21NO2S/c1-17-14-6-4-3-5-13(14)11-9-12(10-11)15-7-8-18(2)16/h3-6,11-12,15H,7-10H2,1-2H3. The van der Waals surface area contributed by atoms with Crippen LogP contribution in [0.4, 0.5) is 0 Å². The minimum Gasteiger partial charge on any atom is -0.496 e. The Morgan fingerprint density at radius 3 is 2.78 bits per heavy atom. The summed E-state index contributed by atoms with van der Waals surface area (Å²) in [4.78, 5) is 0. The average Bonchev–Trinajstić information content (AvgIpc) is 2.32. The van der Waals surface area contributed by atoms with Gasteiger partial charge in [-0.15, -0.1) is 0 Å². The molecule has 0 aliphatic heterocycles. The smallest absolute Gasteiger partial charge is 0.122 e. The molecular weight excluding hydrogens is 246 g/mol. The van der Waals surface area contributed by atoms with Crippen LogP contribution in [-0.4, -0.2) is 35.9 Å². The molecule has 1 saturated carbocycles. The monoisotopic (exact) mass is 267 g/mol. The number of methoxy groups -OCH3 is 1. The van der Waals surface area contributed by atoms with Crippen molar-refractivity contribution >= 4 is 10.8 Å². The topological polar surface area (TPSA) is 38.3 Å². The Kier molecular flexibility index (Phi) is 4.78. The fourth-order valence-electron chi connectivity index (χ4n) is 2.45. The van der Waals surface area contributed by atoms with Gasteiger partial charge in [0.1, 0.15) is 5.75 Å². The van der Waals surface area contributed by atoms with E-state index in [0.29, 0.717) is 12.0 Å². The Hall–Kier alpha value is -0.870. The summed E-state index contributed by atoms with van der Waals surface area (Å²) in [6.07, 6.45) is 4.05. The lowest BCUT2D eigenvalue weighted by molar-refractivity contribution is 0.288. The number of hydrogen-bond acceptors (Lipinski definition) is 3. The highest BCUT2D eigenvalue weighted by molar-refractivity contribution is 7.84. The van der Waals surface area contributed by atoms with Crippen molar-refractivity contribution in [3.8, 4) is 5.75 Å². The van der Waals surface area contributed by atoms with E-state index in [9.17, 15) is 4.21 Å². The second kappa shape index (κ2) is 6.34. The summed E-state index contributed by atoms with van der Waals surface area (Å²) >= 11 is 0. The van der Waals surface area contributed by atoms with Gasteiger partial charge in [0.15, 0.2) is 0 Å². The molecule has 1 aliphatic rings. The van der Waals surface area contributed by atoms with Crippen LogP contribution in [0.3, 0.4) is 0 Å². The van der Waals surface area contributed by atoms with Crippen molar-refractivity contribution in [1.82, 2.24) is 5.32 Å². The number of para-hydroxylation sites is 1. The zero-order chi connectivity index (χ0) is 13.0. The molecule has 100 valence electrons.